The molecule has 1 aromatic carbocycles. The molecule has 0 fully saturated rings. The summed E-state index contributed by atoms with van der Waals surface area (Å²) < 4.78 is 15.3. The first-order valence-corrected chi connectivity index (χ1v) is 6.08. The predicted molar refractivity (Wildman–Crippen MR) is 69.7 cm³/mol. The van der Waals surface area contributed by atoms with Crippen LogP contribution in [0.1, 0.15) is 5.56 Å². The summed E-state index contributed by atoms with van der Waals surface area (Å²) in [6.07, 6.45) is 3.28. The van der Waals surface area contributed by atoms with Crippen LogP contribution >= 0.6 is 15.9 Å². The molecule has 0 bridgehead atoms. The van der Waals surface area contributed by atoms with E-state index in [1.54, 1.807) is 31.5 Å². The summed E-state index contributed by atoms with van der Waals surface area (Å²) in [6.45, 7) is 1.90. The molecule has 0 unspecified atom stereocenters. The molecule has 18 heavy (non-hydrogen) atoms. The second-order valence-corrected chi connectivity index (χ2v) is 4.69. The number of hydrogen-bond donors (Lipinski definition) is 1. The molecule has 0 atom stereocenters. The van der Waals surface area contributed by atoms with Gasteiger partial charge in [-0.1, -0.05) is 0 Å². The van der Waals surface area contributed by atoms with Crippen molar-refractivity contribution in [2.24, 2.45) is 0 Å². The molecule has 1 aromatic heterocycles. The van der Waals surface area contributed by atoms with Crippen LogP contribution in [0.4, 0.5) is 10.1 Å². The van der Waals surface area contributed by atoms with Gasteiger partial charge in [0, 0.05) is 18.1 Å². The fraction of sp³-hybridized carbons (Fsp3) is 0.167. The minimum atomic E-state index is -0.407. The lowest BCUT2D eigenvalue weighted by atomic mass is 10.2. The average Bonchev–Trinajstić information content (AvgIpc) is 2.78. The molecule has 0 radical (unpaired) electrons. The number of halogens is 2. The number of carbonyl (C=O) groups is 1. The third-order valence-electron chi connectivity index (χ3n) is 2.41. The van der Waals surface area contributed by atoms with E-state index in [0.717, 1.165) is 5.56 Å². The lowest BCUT2D eigenvalue weighted by molar-refractivity contribution is -0.116. The number of aryl methyl sites for hydroxylation is 1. The smallest absolute Gasteiger partial charge is 0.246 e. The minimum Gasteiger partial charge on any atom is -0.324 e. The Labute approximate surface area is 112 Å². The summed E-state index contributed by atoms with van der Waals surface area (Å²) in [7, 11) is 0. The van der Waals surface area contributed by atoms with E-state index in [1.165, 1.54) is 10.7 Å². The highest BCUT2D eigenvalue weighted by molar-refractivity contribution is 9.10. The number of rotatable bonds is 3. The van der Waals surface area contributed by atoms with Crippen molar-refractivity contribution in [1.82, 2.24) is 9.78 Å². The van der Waals surface area contributed by atoms with Gasteiger partial charge < -0.3 is 5.32 Å². The highest BCUT2D eigenvalue weighted by atomic mass is 79.9. The van der Waals surface area contributed by atoms with E-state index in [-0.39, 0.29) is 12.5 Å². The van der Waals surface area contributed by atoms with Gasteiger partial charge in [0.25, 0.3) is 0 Å². The zero-order valence-corrected chi connectivity index (χ0v) is 11.2. The van der Waals surface area contributed by atoms with Crippen molar-refractivity contribution in [2.75, 3.05) is 5.32 Å². The Morgan fingerprint density at radius 2 is 2.33 bits per heavy atom. The summed E-state index contributed by atoms with van der Waals surface area (Å²) in [4.78, 5) is 11.7. The number of aromatic nitrogens is 2. The molecule has 2 aromatic rings. The van der Waals surface area contributed by atoms with Gasteiger partial charge in [-0.15, -0.1) is 0 Å². The van der Waals surface area contributed by atoms with Gasteiger partial charge in [0.2, 0.25) is 5.91 Å². The van der Waals surface area contributed by atoms with Gasteiger partial charge in [-0.3, -0.25) is 9.48 Å². The first-order chi connectivity index (χ1) is 8.56. The van der Waals surface area contributed by atoms with Crippen LogP contribution in [-0.4, -0.2) is 15.7 Å². The third-order valence-corrected chi connectivity index (χ3v) is 3.01. The summed E-state index contributed by atoms with van der Waals surface area (Å²) in [5.74, 6) is -0.654. The maximum atomic E-state index is 13.4. The Kier molecular flexibility index (Phi) is 3.76. The van der Waals surface area contributed by atoms with E-state index in [2.05, 4.69) is 26.3 Å². The number of carbonyl (C=O) groups excluding carboxylic acids is 1. The molecule has 0 saturated heterocycles. The van der Waals surface area contributed by atoms with Gasteiger partial charge in [-0.25, -0.2) is 4.39 Å². The van der Waals surface area contributed by atoms with E-state index in [0.29, 0.717) is 10.2 Å². The second-order valence-electron chi connectivity index (χ2n) is 3.83. The summed E-state index contributed by atoms with van der Waals surface area (Å²) in [6, 6.07) is 4.65. The van der Waals surface area contributed by atoms with Crippen LogP contribution < -0.4 is 5.32 Å². The van der Waals surface area contributed by atoms with Crippen molar-refractivity contribution in [2.45, 2.75) is 13.5 Å². The normalized spacial score (nSPS) is 10.4. The molecule has 0 saturated carbocycles. The third kappa shape index (κ3) is 2.95. The molecule has 0 spiro atoms. The van der Waals surface area contributed by atoms with Crippen molar-refractivity contribution in [3.63, 3.8) is 0 Å². The molecule has 1 heterocycles. The van der Waals surface area contributed by atoms with E-state index < -0.39 is 5.82 Å². The molecule has 94 valence electrons. The maximum absolute atomic E-state index is 13.4. The quantitative estimate of drug-likeness (QED) is 0.947. The van der Waals surface area contributed by atoms with Crippen LogP contribution in [0.25, 0.3) is 0 Å². The van der Waals surface area contributed by atoms with Crippen molar-refractivity contribution in [3.8, 4) is 0 Å². The Morgan fingerprint density at radius 1 is 1.56 bits per heavy atom. The van der Waals surface area contributed by atoms with Gasteiger partial charge >= 0.3 is 0 Å². The highest BCUT2D eigenvalue weighted by Crippen LogP contribution is 2.23. The van der Waals surface area contributed by atoms with Crippen LogP contribution in [0.2, 0.25) is 0 Å². The Morgan fingerprint density at radius 3 is 3.00 bits per heavy atom. The molecular weight excluding hydrogens is 301 g/mol. The second kappa shape index (κ2) is 5.30. The number of nitrogens with one attached hydrogen (secondary N) is 1. The van der Waals surface area contributed by atoms with E-state index in [9.17, 15) is 9.18 Å². The average molecular weight is 312 g/mol. The van der Waals surface area contributed by atoms with E-state index in [1.807, 2.05) is 0 Å². The Hall–Kier alpha value is -1.69. The standard InChI is InChI=1S/C12H11BrFN3O/c1-8-5-9(13)10(14)6-11(8)16-12(18)7-17-4-2-3-15-17/h2-6H,7H2,1H3,(H,16,18). The molecule has 4 nitrogen and oxygen atoms in total. The Bertz CT molecular complexity index is 569. The lowest BCUT2D eigenvalue weighted by Crippen LogP contribution is -2.19. The first-order valence-electron chi connectivity index (χ1n) is 5.29. The topological polar surface area (TPSA) is 46.9 Å². The van der Waals surface area contributed by atoms with E-state index in [4.69, 9.17) is 0 Å². The molecule has 6 heteroatoms. The number of hydrogen-bond acceptors (Lipinski definition) is 2. The zero-order chi connectivity index (χ0) is 13.1. The largest absolute Gasteiger partial charge is 0.324 e. The van der Waals surface area contributed by atoms with Crippen molar-refractivity contribution < 1.29 is 9.18 Å². The summed E-state index contributed by atoms with van der Waals surface area (Å²) >= 11 is 3.09. The first kappa shape index (κ1) is 12.8. The van der Waals surface area contributed by atoms with Crippen LogP contribution in [-0.2, 0) is 11.3 Å². The SMILES string of the molecule is Cc1cc(Br)c(F)cc1NC(=O)Cn1cccn1. The van der Waals surface area contributed by atoms with Gasteiger partial charge in [0.05, 0.1) is 4.47 Å². The van der Waals surface area contributed by atoms with E-state index >= 15 is 0 Å². The molecule has 0 aliphatic carbocycles. The van der Waals surface area contributed by atoms with Gasteiger partial charge in [0.1, 0.15) is 12.4 Å². The number of anilines is 1. The predicted octanol–water partition coefficient (Wildman–Crippen LogP) is 2.73. The van der Waals surface area contributed by atoms with Gasteiger partial charge in [-0.05, 0) is 46.6 Å². The Balaban J connectivity index is 2.09. The van der Waals surface area contributed by atoms with Crippen LogP contribution in [0, 0.1) is 12.7 Å². The fourth-order valence-corrected chi connectivity index (χ4v) is 1.97. The molecule has 1 amide bonds. The number of nitrogens with zero attached hydrogens (tertiary/aromatic N) is 2. The molecule has 1 N–H and O–H groups in total. The molecule has 2 rings (SSSR count). The fourth-order valence-electron chi connectivity index (χ4n) is 1.51. The van der Waals surface area contributed by atoms with Crippen LogP contribution in [0.5, 0.6) is 0 Å². The monoisotopic (exact) mass is 311 g/mol. The zero-order valence-electron chi connectivity index (χ0n) is 9.65. The summed E-state index contributed by atoms with van der Waals surface area (Å²) in [5, 5.41) is 6.58. The highest BCUT2D eigenvalue weighted by Gasteiger charge is 2.09. The molecule has 0 aliphatic heterocycles. The lowest BCUT2D eigenvalue weighted by Gasteiger charge is -2.09. The van der Waals surface area contributed by atoms with Crippen molar-refractivity contribution >= 4 is 27.5 Å². The van der Waals surface area contributed by atoms with Gasteiger partial charge in [-0.2, -0.15) is 5.10 Å². The molecular formula is C12H11BrFN3O. The van der Waals surface area contributed by atoms with Gasteiger partial charge in [0.15, 0.2) is 0 Å². The minimum absolute atomic E-state index is 0.101. The van der Waals surface area contributed by atoms with Crippen LogP contribution in [0.3, 0.4) is 0 Å². The van der Waals surface area contributed by atoms with Crippen molar-refractivity contribution in [1.29, 1.82) is 0 Å². The maximum Gasteiger partial charge on any atom is 0.246 e. The molecule has 0 aliphatic rings. The van der Waals surface area contributed by atoms with Crippen LogP contribution in [0.15, 0.2) is 35.1 Å². The summed E-state index contributed by atoms with van der Waals surface area (Å²) in [5.41, 5.74) is 1.25. The van der Waals surface area contributed by atoms with Crippen molar-refractivity contribution in [3.05, 3.63) is 46.4 Å². The number of benzene rings is 1. The number of amides is 1.